The van der Waals surface area contributed by atoms with Crippen molar-refractivity contribution < 1.29 is 17.9 Å². The van der Waals surface area contributed by atoms with Gasteiger partial charge in [-0.3, -0.25) is 0 Å². The van der Waals surface area contributed by atoms with Crippen molar-refractivity contribution >= 4 is 21.8 Å². The van der Waals surface area contributed by atoms with Gasteiger partial charge in [0.15, 0.2) is 0 Å². The van der Waals surface area contributed by atoms with Gasteiger partial charge in [0.2, 0.25) is 15.2 Å². The standard InChI is InChI=1S/C17H23N5O4S2/c23-28(24,21-6-9-25-10-7-21)16-5-1-3-14(11-16)13-27-17-18-19-20-22(17)12-15-4-2-8-26-15/h1,3,5,11,15H,2,4,6-10,12-13H2/t15-/m0/s1. The van der Waals surface area contributed by atoms with Crippen molar-refractivity contribution in [2.75, 3.05) is 32.9 Å². The molecular weight excluding hydrogens is 402 g/mol. The Morgan fingerprint density at radius 2 is 2.07 bits per heavy atom. The maximum absolute atomic E-state index is 12.8. The lowest BCUT2D eigenvalue weighted by Crippen LogP contribution is -2.40. The molecule has 0 saturated carbocycles. The molecule has 0 aliphatic carbocycles. The van der Waals surface area contributed by atoms with E-state index in [1.807, 2.05) is 6.07 Å². The van der Waals surface area contributed by atoms with Gasteiger partial charge in [-0.15, -0.1) is 5.10 Å². The summed E-state index contributed by atoms with van der Waals surface area (Å²) in [7, 11) is -3.50. The fourth-order valence-electron chi connectivity index (χ4n) is 3.28. The number of sulfonamides is 1. The highest BCUT2D eigenvalue weighted by atomic mass is 32.2. The molecule has 1 aromatic carbocycles. The molecule has 3 heterocycles. The van der Waals surface area contributed by atoms with Crippen molar-refractivity contribution in [3.63, 3.8) is 0 Å². The minimum atomic E-state index is -3.50. The summed E-state index contributed by atoms with van der Waals surface area (Å²) in [6.45, 7) is 3.07. The minimum absolute atomic E-state index is 0.157. The van der Waals surface area contributed by atoms with Gasteiger partial charge in [-0.25, -0.2) is 13.1 Å². The van der Waals surface area contributed by atoms with Crippen molar-refractivity contribution in [2.24, 2.45) is 0 Å². The molecule has 1 aromatic heterocycles. The SMILES string of the molecule is O=S(=O)(c1cccc(CSc2nnnn2C[C@@H]2CCCO2)c1)N1CCOCC1. The van der Waals surface area contributed by atoms with E-state index >= 15 is 0 Å². The monoisotopic (exact) mass is 425 g/mol. The summed E-state index contributed by atoms with van der Waals surface area (Å²) < 4.78 is 39.8. The Morgan fingerprint density at radius 3 is 2.86 bits per heavy atom. The smallest absolute Gasteiger partial charge is 0.243 e. The highest BCUT2D eigenvalue weighted by Crippen LogP contribution is 2.24. The number of thioether (sulfide) groups is 1. The fraction of sp³-hybridized carbons (Fsp3) is 0.588. The van der Waals surface area contributed by atoms with Gasteiger partial charge in [-0.1, -0.05) is 23.9 Å². The van der Waals surface area contributed by atoms with Gasteiger partial charge in [0, 0.05) is 25.4 Å². The second kappa shape index (κ2) is 8.87. The number of hydrogen-bond acceptors (Lipinski definition) is 8. The zero-order chi connectivity index (χ0) is 19.4. The first-order valence-electron chi connectivity index (χ1n) is 9.30. The van der Waals surface area contributed by atoms with Crippen LogP contribution in [-0.2, 0) is 31.8 Å². The molecule has 2 aliphatic heterocycles. The van der Waals surface area contributed by atoms with Crippen molar-refractivity contribution in [1.29, 1.82) is 0 Å². The van der Waals surface area contributed by atoms with Crippen LogP contribution in [0.3, 0.4) is 0 Å². The van der Waals surface area contributed by atoms with E-state index < -0.39 is 10.0 Å². The molecule has 0 unspecified atom stereocenters. The van der Waals surface area contributed by atoms with Gasteiger partial charge in [0.1, 0.15) is 0 Å². The van der Waals surface area contributed by atoms with Gasteiger partial charge < -0.3 is 9.47 Å². The summed E-state index contributed by atoms with van der Waals surface area (Å²) >= 11 is 1.49. The Kier molecular flexibility index (Phi) is 6.26. The fourth-order valence-corrected chi connectivity index (χ4v) is 5.58. The van der Waals surface area contributed by atoms with Crippen LogP contribution in [0.25, 0.3) is 0 Å². The first kappa shape index (κ1) is 19.8. The van der Waals surface area contributed by atoms with Gasteiger partial charge >= 0.3 is 0 Å². The number of morpholine rings is 1. The van der Waals surface area contributed by atoms with E-state index in [1.54, 1.807) is 22.9 Å². The topological polar surface area (TPSA) is 99.4 Å². The summed E-state index contributed by atoms with van der Waals surface area (Å²) in [5.41, 5.74) is 0.908. The van der Waals surface area contributed by atoms with E-state index in [-0.39, 0.29) is 6.10 Å². The zero-order valence-electron chi connectivity index (χ0n) is 15.4. The molecule has 11 heteroatoms. The Balaban J connectivity index is 1.42. The molecule has 0 bridgehead atoms. The average Bonchev–Trinajstić information content (AvgIpc) is 3.40. The maximum Gasteiger partial charge on any atom is 0.243 e. The number of benzene rings is 1. The van der Waals surface area contributed by atoms with Crippen LogP contribution in [0.1, 0.15) is 18.4 Å². The molecule has 1 atom stereocenters. The number of ether oxygens (including phenoxy) is 2. The molecule has 2 saturated heterocycles. The molecule has 2 aromatic rings. The summed E-state index contributed by atoms with van der Waals surface area (Å²) in [6.07, 6.45) is 2.25. The third-order valence-corrected chi connectivity index (χ3v) is 7.70. The molecule has 2 aliphatic rings. The molecule has 28 heavy (non-hydrogen) atoms. The molecule has 0 N–H and O–H groups in total. The van der Waals surface area contributed by atoms with Gasteiger partial charge in [0.25, 0.3) is 0 Å². The summed E-state index contributed by atoms with van der Waals surface area (Å²) in [6, 6.07) is 7.06. The third kappa shape index (κ3) is 4.54. The van der Waals surface area contributed by atoms with Crippen LogP contribution in [0, 0.1) is 0 Å². The van der Waals surface area contributed by atoms with Crippen LogP contribution in [0.5, 0.6) is 0 Å². The van der Waals surface area contributed by atoms with Crippen molar-refractivity contribution in [3.8, 4) is 0 Å². The van der Waals surface area contributed by atoms with E-state index in [9.17, 15) is 8.42 Å². The Hall–Kier alpha value is -1.53. The molecule has 2 fully saturated rings. The van der Waals surface area contributed by atoms with E-state index in [4.69, 9.17) is 9.47 Å². The van der Waals surface area contributed by atoms with Crippen molar-refractivity contribution in [1.82, 2.24) is 24.5 Å². The molecule has 0 amide bonds. The van der Waals surface area contributed by atoms with Gasteiger partial charge in [0.05, 0.1) is 30.8 Å². The van der Waals surface area contributed by atoms with Crippen molar-refractivity contribution in [2.45, 2.75) is 41.3 Å². The largest absolute Gasteiger partial charge is 0.379 e. The summed E-state index contributed by atoms with van der Waals surface area (Å²) in [5, 5.41) is 12.6. The summed E-state index contributed by atoms with van der Waals surface area (Å²) in [4.78, 5) is 0.312. The Bertz CT molecular complexity index is 892. The predicted molar refractivity (Wildman–Crippen MR) is 102 cm³/mol. The van der Waals surface area contributed by atoms with Crippen molar-refractivity contribution in [3.05, 3.63) is 29.8 Å². The molecule has 152 valence electrons. The second-order valence-electron chi connectivity index (χ2n) is 6.73. The van der Waals surface area contributed by atoms with E-state index in [0.717, 1.165) is 25.0 Å². The lowest BCUT2D eigenvalue weighted by atomic mass is 10.2. The zero-order valence-corrected chi connectivity index (χ0v) is 17.1. The lowest BCUT2D eigenvalue weighted by Gasteiger charge is -2.26. The van der Waals surface area contributed by atoms with Crippen LogP contribution < -0.4 is 0 Å². The third-order valence-electron chi connectivity index (χ3n) is 4.77. The predicted octanol–water partition coefficient (Wildman–Crippen LogP) is 1.17. The maximum atomic E-state index is 12.8. The van der Waals surface area contributed by atoms with E-state index in [0.29, 0.717) is 48.7 Å². The number of aromatic nitrogens is 4. The average molecular weight is 426 g/mol. The Labute approximate surface area is 168 Å². The normalized spacial score (nSPS) is 21.2. The molecule has 9 nitrogen and oxygen atoms in total. The van der Waals surface area contributed by atoms with Gasteiger partial charge in [-0.2, -0.15) is 4.31 Å². The van der Waals surface area contributed by atoms with E-state index in [1.165, 1.54) is 16.1 Å². The molecule has 0 radical (unpaired) electrons. The first-order valence-corrected chi connectivity index (χ1v) is 11.7. The van der Waals surface area contributed by atoms with Crippen LogP contribution in [0.15, 0.2) is 34.3 Å². The molecule has 4 rings (SSSR count). The molecule has 0 spiro atoms. The first-order chi connectivity index (χ1) is 13.6. The minimum Gasteiger partial charge on any atom is -0.379 e. The Morgan fingerprint density at radius 1 is 1.21 bits per heavy atom. The van der Waals surface area contributed by atoms with E-state index in [2.05, 4.69) is 15.5 Å². The van der Waals surface area contributed by atoms with Crippen LogP contribution in [0.2, 0.25) is 0 Å². The number of tetrazole rings is 1. The second-order valence-corrected chi connectivity index (χ2v) is 9.61. The summed E-state index contributed by atoms with van der Waals surface area (Å²) in [5.74, 6) is 0.582. The quantitative estimate of drug-likeness (QED) is 0.610. The van der Waals surface area contributed by atoms with Crippen LogP contribution in [0.4, 0.5) is 0 Å². The number of hydrogen-bond donors (Lipinski definition) is 0. The van der Waals surface area contributed by atoms with Crippen LogP contribution >= 0.6 is 11.8 Å². The number of rotatable bonds is 7. The lowest BCUT2D eigenvalue weighted by molar-refractivity contribution is 0.0730. The molecular formula is C17H23N5O4S2. The van der Waals surface area contributed by atoms with Crippen LogP contribution in [-0.4, -0.2) is 71.9 Å². The highest BCUT2D eigenvalue weighted by molar-refractivity contribution is 7.98. The number of nitrogens with zero attached hydrogens (tertiary/aromatic N) is 5. The van der Waals surface area contributed by atoms with Gasteiger partial charge in [-0.05, 0) is 41.0 Å². The highest BCUT2D eigenvalue weighted by Gasteiger charge is 2.26.